The summed E-state index contributed by atoms with van der Waals surface area (Å²) in [6.45, 7) is 2.18. The Hall–Kier alpha value is -2.53. The minimum absolute atomic E-state index is 0.0745. The lowest BCUT2D eigenvalue weighted by molar-refractivity contribution is 0.0678. The van der Waals surface area contributed by atoms with Crippen LogP contribution in [0.15, 0.2) is 42.5 Å². The summed E-state index contributed by atoms with van der Waals surface area (Å²) in [5.41, 5.74) is 8.46. The molecule has 0 radical (unpaired) electrons. The van der Waals surface area contributed by atoms with E-state index in [1.165, 1.54) is 0 Å². The molecule has 3 rings (SSSR count). The Morgan fingerprint density at radius 2 is 1.88 bits per heavy atom. The number of carbonyl (C=O) groups is 1. The van der Waals surface area contributed by atoms with Crippen LogP contribution in [0.1, 0.15) is 23.2 Å². The molecule has 1 fully saturated rings. The van der Waals surface area contributed by atoms with E-state index < -0.39 is 0 Å². The summed E-state index contributed by atoms with van der Waals surface area (Å²) >= 11 is 0. The number of methoxy groups -OCH3 is 2. The third kappa shape index (κ3) is 3.83. The van der Waals surface area contributed by atoms with Gasteiger partial charge in [0.15, 0.2) is 11.5 Å². The summed E-state index contributed by atoms with van der Waals surface area (Å²) in [5, 5.41) is 0. The van der Waals surface area contributed by atoms with Crippen molar-refractivity contribution in [3.8, 4) is 22.6 Å². The van der Waals surface area contributed by atoms with E-state index in [1.807, 2.05) is 47.4 Å². The molecule has 2 aromatic carbocycles. The van der Waals surface area contributed by atoms with Crippen LogP contribution in [-0.4, -0.2) is 44.7 Å². The number of amides is 1. The van der Waals surface area contributed by atoms with Gasteiger partial charge in [-0.15, -0.1) is 0 Å². The summed E-state index contributed by atoms with van der Waals surface area (Å²) in [4.78, 5) is 14.8. The van der Waals surface area contributed by atoms with Crippen molar-refractivity contribution in [1.82, 2.24) is 4.90 Å². The maximum absolute atomic E-state index is 12.9. The number of likely N-dealkylation sites (tertiary alicyclic amines) is 1. The number of rotatable bonds is 5. The molecule has 5 heteroatoms. The molecule has 1 amide bonds. The average molecular weight is 354 g/mol. The molecule has 0 spiro atoms. The van der Waals surface area contributed by atoms with Crippen molar-refractivity contribution in [2.24, 2.45) is 11.7 Å². The van der Waals surface area contributed by atoms with Gasteiger partial charge in [-0.2, -0.15) is 0 Å². The van der Waals surface area contributed by atoms with Gasteiger partial charge in [0, 0.05) is 18.7 Å². The molecule has 1 unspecified atom stereocenters. The predicted molar refractivity (Wildman–Crippen MR) is 103 cm³/mol. The van der Waals surface area contributed by atoms with Crippen molar-refractivity contribution in [2.75, 3.05) is 33.9 Å². The summed E-state index contributed by atoms with van der Waals surface area (Å²) in [5.74, 6) is 1.83. The fourth-order valence-corrected chi connectivity index (χ4v) is 3.47. The normalized spacial score (nSPS) is 17.0. The van der Waals surface area contributed by atoms with E-state index >= 15 is 0 Å². The average Bonchev–Trinajstić information content (AvgIpc) is 2.72. The van der Waals surface area contributed by atoms with E-state index in [-0.39, 0.29) is 5.91 Å². The fourth-order valence-electron chi connectivity index (χ4n) is 3.47. The van der Waals surface area contributed by atoms with Crippen LogP contribution in [0.4, 0.5) is 0 Å². The van der Waals surface area contributed by atoms with Crippen LogP contribution in [0.5, 0.6) is 11.5 Å². The fraction of sp³-hybridized carbons (Fsp3) is 0.381. The predicted octanol–water partition coefficient (Wildman–Crippen LogP) is 3.18. The SMILES string of the molecule is COc1ccc(-c2cccc(C(=O)N3CCCC(CN)C3)c2)cc1OC. The molecule has 0 aromatic heterocycles. The van der Waals surface area contributed by atoms with Crippen LogP contribution < -0.4 is 15.2 Å². The maximum atomic E-state index is 12.9. The monoisotopic (exact) mass is 354 g/mol. The second kappa shape index (κ2) is 8.23. The summed E-state index contributed by atoms with van der Waals surface area (Å²) in [6.07, 6.45) is 2.12. The topological polar surface area (TPSA) is 64.8 Å². The van der Waals surface area contributed by atoms with Gasteiger partial charge in [-0.3, -0.25) is 4.79 Å². The Kier molecular flexibility index (Phi) is 5.78. The lowest BCUT2D eigenvalue weighted by Crippen LogP contribution is -2.42. The van der Waals surface area contributed by atoms with Gasteiger partial charge in [-0.05, 0) is 60.7 Å². The molecule has 1 aliphatic heterocycles. The Balaban J connectivity index is 1.85. The molecule has 2 aromatic rings. The first-order valence-electron chi connectivity index (χ1n) is 8.98. The quantitative estimate of drug-likeness (QED) is 0.896. The number of hydrogen-bond donors (Lipinski definition) is 1. The number of carbonyl (C=O) groups excluding carboxylic acids is 1. The molecule has 1 aliphatic rings. The molecule has 138 valence electrons. The van der Waals surface area contributed by atoms with Crippen molar-refractivity contribution in [3.63, 3.8) is 0 Å². The van der Waals surface area contributed by atoms with E-state index in [2.05, 4.69) is 0 Å². The first-order chi connectivity index (χ1) is 12.7. The van der Waals surface area contributed by atoms with Crippen LogP contribution in [0.3, 0.4) is 0 Å². The van der Waals surface area contributed by atoms with Crippen molar-refractivity contribution in [3.05, 3.63) is 48.0 Å². The largest absolute Gasteiger partial charge is 0.493 e. The second-order valence-corrected chi connectivity index (χ2v) is 6.65. The number of nitrogens with two attached hydrogens (primary N) is 1. The standard InChI is InChI=1S/C21H26N2O3/c1-25-19-9-8-17(12-20(19)26-2)16-6-3-7-18(11-16)21(24)23-10-4-5-15(13-22)14-23/h3,6-9,11-12,15H,4-5,10,13-14,22H2,1-2H3. The third-order valence-electron chi connectivity index (χ3n) is 4.97. The Morgan fingerprint density at radius 3 is 2.62 bits per heavy atom. The minimum Gasteiger partial charge on any atom is -0.493 e. The highest BCUT2D eigenvalue weighted by Crippen LogP contribution is 2.32. The van der Waals surface area contributed by atoms with Crippen LogP contribution in [0.25, 0.3) is 11.1 Å². The molecule has 0 saturated carbocycles. The lowest BCUT2D eigenvalue weighted by atomic mass is 9.97. The van der Waals surface area contributed by atoms with Gasteiger partial charge >= 0.3 is 0 Å². The van der Waals surface area contributed by atoms with Gasteiger partial charge in [0.2, 0.25) is 0 Å². The van der Waals surface area contributed by atoms with Crippen LogP contribution in [-0.2, 0) is 0 Å². The maximum Gasteiger partial charge on any atom is 0.253 e. The highest BCUT2D eigenvalue weighted by Gasteiger charge is 2.23. The molecule has 26 heavy (non-hydrogen) atoms. The molecular formula is C21H26N2O3. The summed E-state index contributed by atoms with van der Waals surface area (Å²) in [6, 6.07) is 13.5. The molecular weight excluding hydrogens is 328 g/mol. The first-order valence-corrected chi connectivity index (χ1v) is 8.98. The first kappa shape index (κ1) is 18.3. The molecule has 2 N–H and O–H groups in total. The molecule has 0 bridgehead atoms. The van der Waals surface area contributed by atoms with Crippen LogP contribution in [0.2, 0.25) is 0 Å². The molecule has 0 aliphatic carbocycles. The molecule has 5 nitrogen and oxygen atoms in total. The summed E-state index contributed by atoms with van der Waals surface area (Å²) in [7, 11) is 3.23. The Labute approximate surface area is 154 Å². The molecule has 1 saturated heterocycles. The zero-order valence-electron chi connectivity index (χ0n) is 15.4. The zero-order valence-corrected chi connectivity index (χ0v) is 15.4. The molecule has 1 heterocycles. The molecule has 1 atom stereocenters. The number of piperidine rings is 1. The Morgan fingerprint density at radius 1 is 1.12 bits per heavy atom. The Bertz CT molecular complexity index is 776. The van der Waals surface area contributed by atoms with E-state index in [4.69, 9.17) is 15.2 Å². The highest BCUT2D eigenvalue weighted by atomic mass is 16.5. The smallest absolute Gasteiger partial charge is 0.253 e. The van der Waals surface area contributed by atoms with Crippen LogP contribution >= 0.6 is 0 Å². The van der Waals surface area contributed by atoms with Crippen molar-refractivity contribution in [2.45, 2.75) is 12.8 Å². The third-order valence-corrected chi connectivity index (χ3v) is 4.97. The van der Waals surface area contributed by atoms with Gasteiger partial charge in [0.25, 0.3) is 5.91 Å². The number of hydrogen-bond acceptors (Lipinski definition) is 4. The van der Waals surface area contributed by atoms with Gasteiger partial charge in [0.05, 0.1) is 14.2 Å². The zero-order chi connectivity index (χ0) is 18.5. The lowest BCUT2D eigenvalue weighted by Gasteiger charge is -2.32. The van der Waals surface area contributed by atoms with E-state index in [9.17, 15) is 4.79 Å². The van der Waals surface area contributed by atoms with Crippen molar-refractivity contribution < 1.29 is 14.3 Å². The van der Waals surface area contributed by atoms with Crippen molar-refractivity contribution >= 4 is 5.91 Å². The minimum atomic E-state index is 0.0745. The summed E-state index contributed by atoms with van der Waals surface area (Å²) < 4.78 is 10.7. The van der Waals surface area contributed by atoms with Crippen molar-refractivity contribution in [1.29, 1.82) is 0 Å². The number of ether oxygens (including phenoxy) is 2. The van der Waals surface area contributed by atoms with Gasteiger partial charge in [-0.1, -0.05) is 18.2 Å². The van der Waals surface area contributed by atoms with E-state index in [0.29, 0.717) is 29.5 Å². The van der Waals surface area contributed by atoms with Gasteiger partial charge in [-0.25, -0.2) is 0 Å². The second-order valence-electron chi connectivity index (χ2n) is 6.65. The van der Waals surface area contributed by atoms with Gasteiger partial charge < -0.3 is 20.1 Å². The van der Waals surface area contributed by atoms with Crippen LogP contribution in [0, 0.1) is 5.92 Å². The van der Waals surface area contributed by atoms with E-state index in [0.717, 1.165) is 37.1 Å². The number of nitrogens with zero attached hydrogens (tertiary/aromatic N) is 1. The van der Waals surface area contributed by atoms with E-state index in [1.54, 1.807) is 14.2 Å². The highest BCUT2D eigenvalue weighted by molar-refractivity contribution is 5.95. The van der Waals surface area contributed by atoms with Gasteiger partial charge in [0.1, 0.15) is 0 Å². The number of benzene rings is 2.